The molecule has 1 amide bonds. The van der Waals surface area contributed by atoms with Crippen molar-refractivity contribution in [3.63, 3.8) is 0 Å². The highest BCUT2D eigenvalue weighted by atomic mass is 19.1. The first-order valence-electron chi connectivity index (χ1n) is 7.62. The maximum Gasteiger partial charge on any atom is 0.251 e. The van der Waals surface area contributed by atoms with Gasteiger partial charge in [0.1, 0.15) is 5.82 Å². The summed E-state index contributed by atoms with van der Waals surface area (Å²) in [5.41, 5.74) is 1.75. The molecule has 23 heavy (non-hydrogen) atoms. The molecule has 122 valence electrons. The van der Waals surface area contributed by atoms with Crippen molar-refractivity contribution in [1.82, 2.24) is 5.32 Å². The Morgan fingerprint density at radius 3 is 2.26 bits per heavy atom. The lowest BCUT2D eigenvalue weighted by molar-refractivity contribution is 0.0945. The van der Waals surface area contributed by atoms with E-state index in [0.717, 1.165) is 5.69 Å². The van der Waals surface area contributed by atoms with Crippen LogP contribution in [0.3, 0.4) is 0 Å². The Hall–Kier alpha value is -2.36. The van der Waals surface area contributed by atoms with E-state index < -0.39 is 5.41 Å². The van der Waals surface area contributed by atoms with Gasteiger partial charge in [0.25, 0.3) is 5.91 Å². The monoisotopic (exact) mass is 314 g/mol. The fourth-order valence-electron chi connectivity index (χ4n) is 2.42. The second-order valence-electron chi connectivity index (χ2n) is 6.49. The smallest absolute Gasteiger partial charge is 0.251 e. The van der Waals surface area contributed by atoms with Gasteiger partial charge in [-0.1, -0.05) is 32.0 Å². The molecule has 2 rings (SSSR count). The molecule has 0 aliphatic carbocycles. The van der Waals surface area contributed by atoms with Crippen molar-refractivity contribution in [1.29, 1.82) is 0 Å². The molecule has 0 unspecified atom stereocenters. The number of rotatable bonds is 5. The summed E-state index contributed by atoms with van der Waals surface area (Å²) in [5, 5.41) is 2.89. The van der Waals surface area contributed by atoms with Crippen molar-refractivity contribution in [3.8, 4) is 0 Å². The van der Waals surface area contributed by atoms with Gasteiger partial charge in [0.05, 0.1) is 0 Å². The van der Waals surface area contributed by atoms with E-state index in [9.17, 15) is 9.18 Å². The third kappa shape index (κ3) is 4.09. The molecule has 3 nitrogen and oxygen atoms in total. The molecule has 0 aliphatic heterocycles. The number of carbonyl (C=O) groups excluding carboxylic acids is 1. The van der Waals surface area contributed by atoms with Crippen LogP contribution in [0.2, 0.25) is 0 Å². The molecule has 2 aromatic carbocycles. The van der Waals surface area contributed by atoms with Crippen LogP contribution in [0.25, 0.3) is 0 Å². The van der Waals surface area contributed by atoms with Crippen molar-refractivity contribution in [2.24, 2.45) is 0 Å². The highest BCUT2D eigenvalue weighted by Crippen LogP contribution is 2.25. The van der Waals surface area contributed by atoms with Gasteiger partial charge >= 0.3 is 0 Å². The Balaban J connectivity index is 2.05. The molecule has 0 spiro atoms. The van der Waals surface area contributed by atoms with Gasteiger partial charge in [-0.25, -0.2) is 4.39 Å². The number of halogens is 1. The Labute approximate surface area is 137 Å². The van der Waals surface area contributed by atoms with Gasteiger partial charge in [0, 0.05) is 37.3 Å². The standard InChI is InChI=1S/C19H23FN2O/c1-19(2,16-7-5-6-8-17(16)20)13-21-18(23)14-9-11-15(12-10-14)22(3)4/h5-12H,13H2,1-4H3,(H,21,23). The van der Waals surface area contributed by atoms with Crippen LogP contribution in [0.15, 0.2) is 48.5 Å². The van der Waals surface area contributed by atoms with Crippen molar-refractivity contribution in [2.45, 2.75) is 19.3 Å². The van der Waals surface area contributed by atoms with Gasteiger partial charge in [0.15, 0.2) is 0 Å². The van der Waals surface area contributed by atoms with E-state index in [1.807, 2.05) is 51.0 Å². The number of nitrogens with zero attached hydrogens (tertiary/aromatic N) is 1. The van der Waals surface area contributed by atoms with Crippen LogP contribution in [0.5, 0.6) is 0 Å². The molecule has 0 aliphatic rings. The zero-order valence-corrected chi connectivity index (χ0v) is 14.1. The van der Waals surface area contributed by atoms with Gasteiger partial charge in [-0.2, -0.15) is 0 Å². The molecule has 0 saturated carbocycles. The number of hydrogen-bond acceptors (Lipinski definition) is 2. The molecule has 0 heterocycles. The Kier molecular flexibility index (Phi) is 5.04. The van der Waals surface area contributed by atoms with Crippen molar-refractivity contribution in [2.75, 3.05) is 25.5 Å². The molecule has 0 saturated heterocycles. The van der Waals surface area contributed by atoms with Crippen molar-refractivity contribution < 1.29 is 9.18 Å². The molecule has 0 atom stereocenters. The minimum Gasteiger partial charge on any atom is -0.378 e. The largest absolute Gasteiger partial charge is 0.378 e. The molecule has 0 aromatic heterocycles. The minimum atomic E-state index is -0.482. The van der Waals surface area contributed by atoms with Crippen molar-refractivity contribution in [3.05, 3.63) is 65.5 Å². The number of nitrogens with one attached hydrogen (secondary N) is 1. The van der Waals surface area contributed by atoms with Crippen LogP contribution < -0.4 is 10.2 Å². The summed E-state index contributed by atoms with van der Waals surface area (Å²) in [4.78, 5) is 14.2. The summed E-state index contributed by atoms with van der Waals surface area (Å²) in [6, 6.07) is 14.1. The second-order valence-corrected chi connectivity index (χ2v) is 6.49. The van der Waals surface area contributed by atoms with E-state index in [1.54, 1.807) is 24.3 Å². The third-order valence-electron chi connectivity index (χ3n) is 3.94. The van der Waals surface area contributed by atoms with E-state index >= 15 is 0 Å². The normalized spacial score (nSPS) is 11.2. The highest BCUT2D eigenvalue weighted by Gasteiger charge is 2.24. The van der Waals surface area contributed by atoms with Gasteiger partial charge in [-0.05, 0) is 35.9 Å². The molecule has 1 N–H and O–H groups in total. The summed E-state index contributed by atoms with van der Waals surface area (Å²) in [6.07, 6.45) is 0. The lowest BCUT2D eigenvalue weighted by atomic mass is 9.84. The summed E-state index contributed by atoms with van der Waals surface area (Å²) >= 11 is 0. The van der Waals surface area contributed by atoms with E-state index in [-0.39, 0.29) is 11.7 Å². The van der Waals surface area contributed by atoms with Crippen LogP contribution in [-0.2, 0) is 5.41 Å². The SMILES string of the molecule is CN(C)c1ccc(C(=O)NCC(C)(C)c2ccccc2F)cc1. The van der Waals surface area contributed by atoms with Gasteiger partial charge in [-0.3, -0.25) is 4.79 Å². The molecule has 4 heteroatoms. The third-order valence-corrected chi connectivity index (χ3v) is 3.94. The van der Waals surface area contributed by atoms with Crippen LogP contribution in [0.1, 0.15) is 29.8 Å². The zero-order chi connectivity index (χ0) is 17.0. The van der Waals surface area contributed by atoms with Crippen molar-refractivity contribution >= 4 is 11.6 Å². The first-order chi connectivity index (χ1) is 10.8. The topological polar surface area (TPSA) is 32.3 Å². The van der Waals surface area contributed by atoms with Gasteiger partial charge in [0.2, 0.25) is 0 Å². The lowest BCUT2D eigenvalue weighted by Gasteiger charge is -2.26. The molecular formula is C19H23FN2O. The van der Waals surface area contributed by atoms with E-state index in [0.29, 0.717) is 17.7 Å². The lowest BCUT2D eigenvalue weighted by Crippen LogP contribution is -2.37. The number of hydrogen-bond donors (Lipinski definition) is 1. The van der Waals surface area contributed by atoms with Gasteiger partial charge in [-0.15, -0.1) is 0 Å². The predicted molar refractivity (Wildman–Crippen MR) is 92.5 cm³/mol. The van der Waals surface area contributed by atoms with Gasteiger partial charge < -0.3 is 10.2 Å². The Morgan fingerprint density at radius 2 is 1.70 bits per heavy atom. The molecular weight excluding hydrogens is 291 g/mol. The minimum absolute atomic E-state index is 0.153. The first-order valence-corrected chi connectivity index (χ1v) is 7.62. The number of benzene rings is 2. The first kappa shape index (κ1) is 17.0. The maximum atomic E-state index is 13.9. The summed E-state index contributed by atoms with van der Waals surface area (Å²) in [7, 11) is 3.90. The number of amides is 1. The summed E-state index contributed by atoms with van der Waals surface area (Å²) in [6.45, 7) is 4.20. The number of anilines is 1. The Morgan fingerprint density at radius 1 is 1.09 bits per heavy atom. The summed E-state index contributed by atoms with van der Waals surface area (Å²) in [5.74, 6) is -0.401. The zero-order valence-electron chi connectivity index (χ0n) is 14.1. The van der Waals surface area contributed by atoms with Crippen LogP contribution in [0.4, 0.5) is 10.1 Å². The fraction of sp³-hybridized carbons (Fsp3) is 0.316. The highest BCUT2D eigenvalue weighted by molar-refractivity contribution is 5.94. The van der Waals surface area contributed by atoms with Crippen LogP contribution >= 0.6 is 0 Å². The molecule has 0 fully saturated rings. The predicted octanol–water partition coefficient (Wildman–Crippen LogP) is 3.60. The average molecular weight is 314 g/mol. The van der Waals surface area contributed by atoms with E-state index in [1.165, 1.54) is 6.07 Å². The quantitative estimate of drug-likeness (QED) is 0.914. The maximum absolute atomic E-state index is 13.9. The van der Waals surface area contributed by atoms with E-state index in [4.69, 9.17) is 0 Å². The van der Waals surface area contributed by atoms with Crippen LogP contribution in [-0.4, -0.2) is 26.5 Å². The average Bonchev–Trinajstić information content (AvgIpc) is 2.53. The van der Waals surface area contributed by atoms with Crippen LogP contribution in [0, 0.1) is 5.82 Å². The molecule has 2 aromatic rings. The summed E-state index contributed by atoms with van der Waals surface area (Å²) < 4.78 is 13.9. The fourth-order valence-corrected chi connectivity index (χ4v) is 2.42. The van der Waals surface area contributed by atoms with E-state index in [2.05, 4.69) is 5.32 Å². The molecule has 0 radical (unpaired) electrons. The Bertz CT molecular complexity index is 678. The second kappa shape index (κ2) is 6.82. The molecule has 0 bridgehead atoms. The number of carbonyl (C=O) groups is 1.